The SMILES string of the molecule is CS(=O)(=O)c1cc(C2CCC2)ccc1Nc1ccnc2nc(C(F)F)[nH]c12. The normalized spacial score (nSPS) is 15.3. The van der Waals surface area contributed by atoms with Gasteiger partial charge in [-0.1, -0.05) is 12.5 Å². The van der Waals surface area contributed by atoms with Crippen molar-refractivity contribution in [3.8, 4) is 0 Å². The van der Waals surface area contributed by atoms with Gasteiger partial charge in [0, 0.05) is 12.5 Å². The van der Waals surface area contributed by atoms with Crippen LogP contribution in [0.2, 0.25) is 0 Å². The Bertz CT molecular complexity index is 1110. The highest BCUT2D eigenvalue weighted by molar-refractivity contribution is 7.90. The van der Waals surface area contributed by atoms with Gasteiger partial charge in [-0.3, -0.25) is 0 Å². The van der Waals surface area contributed by atoms with Crippen molar-refractivity contribution in [1.82, 2.24) is 15.0 Å². The minimum absolute atomic E-state index is 0.141. The number of alkyl halides is 2. The predicted molar refractivity (Wildman–Crippen MR) is 98.3 cm³/mol. The maximum absolute atomic E-state index is 12.9. The summed E-state index contributed by atoms with van der Waals surface area (Å²) in [5.41, 5.74) is 2.27. The summed E-state index contributed by atoms with van der Waals surface area (Å²) >= 11 is 0. The lowest BCUT2D eigenvalue weighted by Crippen LogP contribution is -2.11. The summed E-state index contributed by atoms with van der Waals surface area (Å²) in [6, 6.07) is 6.93. The van der Waals surface area contributed by atoms with Crippen LogP contribution in [-0.2, 0) is 9.84 Å². The number of hydrogen-bond donors (Lipinski definition) is 2. The number of aromatic nitrogens is 3. The minimum Gasteiger partial charge on any atom is -0.353 e. The Labute approximate surface area is 155 Å². The van der Waals surface area contributed by atoms with Gasteiger partial charge in [0.05, 0.1) is 16.3 Å². The van der Waals surface area contributed by atoms with Crippen molar-refractivity contribution in [3.63, 3.8) is 0 Å². The van der Waals surface area contributed by atoms with Crippen molar-refractivity contribution in [2.75, 3.05) is 11.6 Å². The fourth-order valence-electron chi connectivity index (χ4n) is 3.23. The quantitative estimate of drug-likeness (QED) is 0.676. The third kappa shape index (κ3) is 3.39. The maximum Gasteiger partial charge on any atom is 0.295 e. The fraction of sp³-hybridized carbons (Fsp3) is 0.333. The number of sulfone groups is 1. The number of nitrogens with one attached hydrogen (secondary N) is 2. The molecule has 1 aliphatic rings. The van der Waals surface area contributed by atoms with Crippen molar-refractivity contribution < 1.29 is 17.2 Å². The molecule has 0 spiro atoms. The lowest BCUT2D eigenvalue weighted by atomic mass is 9.80. The second-order valence-electron chi connectivity index (χ2n) is 6.76. The zero-order valence-electron chi connectivity index (χ0n) is 14.5. The summed E-state index contributed by atoms with van der Waals surface area (Å²) < 4.78 is 50.5. The number of anilines is 2. The first-order valence-electron chi connectivity index (χ1n) is 8.57. The second-order valence-corrected chi connectivity index (χ2v) is 8.74. The molecular formula is C18H18F2N4O2S. The number of halogens is 2. The molecule has 1 aliphatic carbocycles. The van der Waals surface area contributed by atoms with Crippen LogP contribution < -0.4 is 5.32 Å². The zero-order valence-corrected chi connectivity index (χ0v) is 15.4. The van der Waals surface area contributed by atoms with Gasteiger partial charge in [-0.2, -0.15) is 0 Å². The first kappa shape index (κ1) is 17.8. The van der Waals surface area contributed by atoms with Crippen LogP contribution in [-0.4, -0.2) is 29.6 Å². The highest BCUT2D eigenvalue weighted by atomic mass is 32.2. The molecule has 0 bridgehead atoms. The highest BCUT2D eigenvalue weighted by Gasteiger charge is 2.23. The smallest absolute Gasteiger partial charge is 0.295 e. The van der Waals surface area contributed by atoms with Gasteiger partial charge in [0.1, 0.15) is 5.52 Å². The lowest BCUT2D eigenvalue weighted by molar-refractivity contribution is 0.142. The molecule has 0 aliphatic heterocycles. The number of fused-ring (bicyclic) bond motifs is 1. The number of H-pyrrole nitrogens is 1. The summed E-state index contributed by atoms with van der Waals surface area (Å²) in [5, 5.41) is 3.04. The van der Waals surface area contributed by atoms with E-state index in [0.717, 1.165) is 31.1 Å². The van der Waals surface area contributed by atoms with Crippen LogP contribution in [0.4, 0.5) is 20.2 Å². The Hall–Kier alpha value is -2.55. The van der Waals surface area contributed by atoms with E-state index in [0.29, 0.717) is 22.8 Å². The first-order valence-corrected chi connectivity index (χ1v) is 10.5. The average Bonchev–Trinajstić information content (AvgIpc) is 2.99. The molecule has 6 nitrogen and oxygen atoms in total. The average molecular weight is 392 g/mol. The monoisotopic (exact) mass is 392 g/mol. The van der Waals surface area contributed by atoms with E-state index in [4.69, 9.17) is 0 Å². The Morgan fingerprint density at radius 3 is 2.63 bits per heavy atom. The van der Waals surface area contributed by atoms with Gasteiger partial charge in [0.2, 0.25) is 0 Å². The van der Waals surface area contributed by atoms with Gasteiger partial charge in [-0.05, 0) is 42.5 Å². The minimum atomic E-state index is -3.48. The largest absolute Gasteiger partial charge is 0.353 e. The number of rotatable bonds is 5. The Kier molecular flexibility index (Phi) is 4.33. The summed E-state index contributed by atoms with van der Waals surface area (Å²) in [6.07, 6.45) is 3.12. The zero-order chi connectivity index (χ0) is 19.2. The molecule has 4 rings (SSSR count). The van der Waals surface area contributed by atoms with Crippen LogP contribution in [0.1, 0.15) is 43.0 Å². The number of pyridine rings is 1. The van der Waals surface area contributed by atoms with Crippen molar-refractivity contribution in [3.05, 3.63) is 41.9 Å². The van der Waals surface area contributed by atoms with E-state index in [1.807, 2.05) is 6.07 Å². The van der Waals surface area contributed by atoms with Crippen LogP contribution in [0, 0.1) is 0 Å². The number of benzene rings is 1. The first-order chi connectivity index (χ1) is 12.8. The molecule has 2 aromatic heterocycles. The molecule has 0 saturated heterocycles. The van der Waals surface area contributed by atoms with E-state index in [-0.39, 0.29) is 10.5 Å². The van der Waals surface area contributed by atoms with E-state index >= 15 is 0 Å². The molecular weight excluding hydrogens is 374 g/mol. The fourth-order valence-corrected chi connectivity index (χ4v) is 4.09. The highest BCUT2D eigenvalue weighted by Crippen LogP contribution is 2.39. The van der Waals surface area contributed by atoms with Crippen molar-refractivity contribution in [2.45, 2.75) is 36.5 Å². The predicted octanol–water partition coefficient (Wildman–Crippen LogP) is 4.31. The van der Waals surface area contributed by atoms with Gasteiger partial charge >= 0.3 is 0 Å². The maximum atomic E-state index is 12.9. The third-order valence-corrected chi connectivity index (χ3v) is 6.00. The second kappa shape index (κ2) is 6.56. The molecule has 9 heteroatoms. The Morgan fingerprint density at radius 1 is 1.22 bits per heavy atom. The molecule has 1 aromatic carbocycles. The van der Waals surface area contributed by atoms with Crippen LogP contribution in [0.25, 0.3) is 11.2 Å². The van der Waals surface area contributed by atoms with Gasteiger partial charge in [0.25, 0.3) is 6.43 Å². The van der Waals surface area contributed by atoms with E-state index in [2.05, 4.69) is 20.3 Å². The molecule has 27 heavy (non-hydrogen) atoms. The molecule has 3 aromatic rings. The molecule has 1 fully saturated rings. The van der Waals surface area contributed by atoms with Gasteiger partial charge in [-0.25, -0.2) is 27.2 Å². The van der Waals surface area contributed by atoms with Gasteiger partial charge in [0.15, 0.2) is 21.3 Å². The summed E-state index contributed by atoms with van der Waals surface area (Å²) in [4.78, 5) is 10.5. The number of imidazole rings is 1. The van der Waals surface area contributed by atoms with Crippen molar-refractivity contribution in [2.24, 2.45) is 0 Å². The standard InChI is InChI=1S/C18H18F2N4O2S/c1-27(25,26)14-9-11(10-3-2-4-10)5-6-12(14)22-13-7-8-21-17-15(13)23-18(24-17)16(19)20/h5-10,16H,2-4H2,1H3,(H2,21,22,23,24). The van der Waals surface area contributed by atoms with Crippen LogP contribution in [0.15, 0.2) is 35.4 Å². The van der Waals surface area contributed by atoms with E-state index in [1.165, 1.54) is 6.20 Å². The summed E-state index contributed by atoms with van der Waals surface area (Å²) in [7, 11) is -3.48. The third-order valence-electron chi connectivity index (χ3n) is 4.87. The van der Waals surface area contributed by atoms with Gasteiger partial charge in [-0.15, -0.1) is 0 Å². The molecule has 142 valence electrons. The topological polar surface area (TPSA) is 87.7 Å². The number of hydrogen-bond acceptors (Lipinski definition) is 5. The Morgan fingerprint density at radius 2 is 2.00 bits per heavy atom. The summed E-state index contributed by atoms with van der Waals surface area (Å²) in [5.74, 6) is -0.0798. The molecule has 2 heterocycles. The molecule has 2 N–H and O–H groups in total. The van der Waals surface area contributed by atoms with Crippen LogP contribution in [0.5, 0.6) is 0 Å². The molecule has 1 saturated carbocycles. The number of nitrogens with zero attached hydrogens (tertiary/aromatic N) is 2. The molecule has 0 unspecified atom stereocenters. The van der Waals surface area contributed by atoms with Crippen molar-refractivity contribution >= 4 is 32.4 Å². The molecule has 0 atom stereocenters. The van der Waals surface area contributed by atoms with Gasteiger partial charge < -0.3 is 10.3 Å². The van der Waals surface area contributed by atoms with E-state index in [9.17, 15) is 17.2 Å². The van der Waals surface area contributed by atoms with E-state index in [1.54, 1.807) is 18.2 Å². The summed E-state index contributed by atoms with van der Waals surface area (Å²) in [6.45, 7) is 0. The molecule has 0 radical (unpaired) electrons. The Balaban J connectivity index is 1.77. The van der Waals surface area contributed by atoms with Crippen molar-refractivity contribution in [1.29, 1.82) is 0 Å². The van der Waals surface area contributed by atoms with Crippen LogP contribution in [0.3, 0.4) is 0 Å². The van der Waals surface area contributed by atoms with E-state index < -0.39 is 22.1 Å². The van der Waals surface area contributed by atoms with Crippen LogP contribution >= 0.6 is 0 Å². The number of aromatic amines is 1. The lowest BCUT2D eigenvalue weighted by Gasteiger charge is -2.26. The molecule has 0 amide bonds.